The summed E-state index contributed by atoms with van der Waals surface area (Å²) >= 11 is 0. The van der Waals surface area contributed by atoms with Gasteiger partial charge in [0.2, 0.25) is 0 Å². The Morgan fingerprint density at radius 2 is 0.500 bits per heavy atom. The molecule has 0 bridgehead atoms. The van der Waals surface area contributed by atoms with Crippen LogP contribution in [0.15, 0.2) is 85.1 Å². The summed E-state index contributed by atoms with van der Waals surface area (Å²) in [6, 6.07) is 0. The third-order valence-corrected chi connectivity index (χ3v) is 15.6. The van der Waals surface area contributed by atoms with Crippen LogP contribution in [0.5, 0.6) is 0 Å². The predicted molar refractivity (Wildman–Crippen MR) is 358 cm³/mol. The summed E-state index contributed by atoms with van der Waals surface area (Å²) in [6.07, 6.45) is 93.6. The van der Waals surface area contributed by atoms with Gasteiger partial charge < -0.3 is 14.2 Å². The maximum absolute atomic E-state index is 12.9. The van der Waals surface area contributed by atoms with Gasteiger partial charge >= 0.3 is 17.9 Å². The van der Waals surface area contributed by atoms with Crippen molar-refractivity contribution in [3.05, 3.63) is 85.1 Å². The van der Waals surface area contributed by atoms with Crippen molar-refractivity contribution in [1.82, 2.24) is 0 Å². The minimum Gasteiger partial charge on any atom is -0.462 e. The molecule has 0 aliphatic heterocycles. The molecule has 0 aliphatic carbocycles. The van der Waals surface area contributed by atoms with Crippen LogP contribution < -0.4 is 0 Å². The molecule has 0 aromatic carbocycles. The molecule has 0 radical (unpaired) electrons. The molecule has 0 fully saturated rings. The fourth-order valence-electron chi connectivity index (χ4n) is 10.4. The van der Waals surface area contributed by atoms with Gasteiger partial charge in [0.15, 0.2) is 6.10 Å². The zero-order valence-corrected chi connectivity index (χ0v) is 54.5. The molecule has 0 saturated heterocycles. The Kier molecular flexibility index (Phi) is 67.2. The van der Waals surface area contributed by atoms with E-state index in [4.69, 9.17) is 14.2 Å². The zero-order valence-electron chi connectivity index (χ0n) is 54.5. The first-order chi connectivity index (χ1) is 40.5. The van der Waals surface area contributed by atoms with Gasteiger partial charge in [0.05, 0.1) is 0 Å². The molecule has 0 rings (SSSR count). The highest BCUT2D eigenvalue weighted by molar-refractivity contribution is 5.71. The Morgan fingerprint density at radius 3 is 0.793 bits per heavy atom. The Labute approximate surface area is 509 Å². The fraction of sp³-hybridized carbons (Fsp3) is 0.776. The molecular weight excluding hydrogens is 1010 g/mol. The second-order valence-corrected chi connectivity index (χ2v) is 23.8. The highest BCUT2D eigenvalue weighted by Crippen LogP contribution is 2.18. The van der Waals surface area contributed by atoms with Gasteiger partial charge in [-0.25, -0.2) is 0 Å². The predicted octanol–water partition coefficient (Wildman–Crippen LogP) is 24.6. The van der Waals surface area contributed by atoms with E-state index in [0.717, 1.165) is 89.9 Å². The smallest absolute Gasteiger partial charge is 0.306 e. The zero-order chi connectivity index (χ0) is 59.2. The van der Waals surface area contributed by atoms with Crippen LogP contribution in [-0.4, -0.2) is 37.2 Å². The van der Waals surface area contributed by atoms with Crippen LogP contribution in [0.4, 0.5) is 0 Å². The van der Waals surface area contributed by atoms with Crippen molar-refractivity contribution in [1.29, 1.82) is 0 Å². The average Bonchev–Trinajstić information content (AvgIpc) is 3.47. The van der Waals surface area contributed by atoms with Crippen molar-refractivity contribution in [2.75, 3.05) is 13.2 Å². The Hall–Kier alpha value is -3.41. The molecule has 0 amide bonds. The van der Waals surface area contributed by atoms with E-state index < -0.39 is 6.10 Å². The number of ether oxygens (including phenoxy) is 3. The van der Waals surface area contributed by atoms with E-state index in [1.807, 2.05) is 6.08 Å². The summed E-state index contributed by atoms with van der Waals surface area (Å²) in [5, 5.41) is 0. The van der Waals surface area contributed by atoms with Crippen LogP contribution in [-0.2, 0) is 28.6 Å². The summed E-state index contributed by atoms with van der Waals surface area (Å²) in [4.78, 5) is 38.4. The van der Waals surface area contributed by atoms with Gasteiger partial charge in [0.1, 0.15) is 13.2 Å². The van der Waals surface area contributed by atoms with E-state index in [1.165, 1.54) is 225 Å². The lowest BCUT2D eigenvalue weighted by Crippen LogP contribution is -2.30. The highest BCUT2D eigenvalue weighted by Gasteiger charge is 2.19. The minimum atomic E-state index is -0.821. The molecule has 0 spiro atoms. The minimum absolute atomic E-state index is 0.106. The number of esters is 3. The Morgan fingerprint density at radius 1 is 0.256 bits per heavy atom. The summed E-state index contributed by atoms with van der Waals surface area (Å²) < 4.78 is 16.9. The van der Waals surface area contributed by atoms with Crippen molar-refractivity contribution in [2.45, 2.75) is 367 Å². The van der Waals surface area contributed by atoms with Gasteiger partial charge in [-0.05, 0) is 83.5 Å². The normalized spacial score (nSPS) is 12.6. The number of hydrogen-bond acceptors (Lipinski definition) is 6. The first-order valence-electron chi connectivity index (χ1n) is 35.6. The van der Waals surface area contributed by atoms with Crippen molar-refractivity contribution < 1.29 is 28.6 Å². The maximum atomic E-state index is 12.9. The monoisotopic (exact) mass is 1140 g/mol. The molecular formula is C76H134O6. The van der Waals surface area contributed by atoms with Gasteiger partial charge in [-0.3, -0.25) is 14.4 Å². The van der Waals surface area contributed by atoms with Crippen LogP contribution in [0.25, 0.3) is 0 Å². The summed E-state index contributed by atoms with van der Waals surface area (Å²) in [5.74, 6) is -0.983. The van der Waals surface area contributed by atoms with E-state index in [-0.39, 0.29) is 37.5 Å². The van der Waals surface area contributed by atoms with Crippen LogP contribution in [0.2, 0.25) is 0 Å². The first kappa shape index (κ1) is 78.6. The van der Waals surface area contributed by atoms with E-state index in [0.29, 0.717) is 19.3 Å². The molecule has 0 aliphatic rings. The van der Waals surface area contributed by atoms with Crippen molar-refractivity contribution in [2.24, 2.45) is 0 Å². The summed E-state index contributed by atoms with van der Waals surface area (Å²) in [7, 11) is 0. The molecule has 1 unspecified atom stereocenters. The molecule has 82 heavy (non-hydrogen) atoms. The van der Waals surface area contributed by atoms with Crippen LogP contribution in [0.3, 0.4) is 0 Å². The van der Waals surface area contributed by atoms with Gasteiger partial charge in [-0.15, -0.1) is 0 Å². The van der Waals surface area contributed by atoms with E-state index in [1.54, 1.807) is 0 Å². The fourth-order valence-corrected chi connectivity index (χ4v) is 10.4. The maximum Gasteiger partial charge on any atom is 0.306 e. The standard InChI is InChI=1S/C76H134O6/c1-4-7-10-13-16-19-22-25-28-30-32-33-34-35-36-37-38-39-40-41-42-44-45-48-51-54-57-60-63-66-69-75(78)81-72-73(71-80-74(77)68-65-62-59-56-53-50-47-27-24-21-18-15-12-9-6-3)82-76(79)70-67-64-61-58-55-52-49-46-43-31-29-26-23-20-17-14-11-8-5-2/h8,11,17,20,26-27,29,43,46-47,52,55,61,64,73H,4-7,9-10,12-16,18-19,21-25,28,30-42,44-45,48-51,53-54,56-60,62-63,65-72H2,1-3H3/b11-8-,20-17-,29-26-,46-43-,47-27-,55-52-,64-61-. The molecule has 6 heteroatoms. The molecule has 6 nitrogen and oxygen atoms in total. The molecule has 0 saturated carbocycles. The molecule has 0 heterocycles. The van der Waals surface area contributed by atoms with E-state index in [2.05, 4.69) is 99.8 Å². The van der Waals surface area contributed by atoms with Crippen LogP contribution in [0.1, 0.15) is 361 Å². The lowest BCUT2D eigenvalue weighted by Gasteiger charge is -2.18. The van der Waals surface area contributed by atoms with Gasteiger partial charge in [-0.2, -0.15) is 0 Å². The molecule has 0 aromatic rings. The van der Waals surface area contributed by atoms with Gasteiger partial charge in [0, 0.05) is 19.3 Å². The van der Waals surface area contributed by atoms with Crippen molar-refractivity contribution in [3.63, 3.8) is 0 Å². The Balaban J connectivity index is 4.29. The third kappa shape index (κ3) is 67.4. The molecule has 0 aromatic heterocycles. The summed E-state index contributed by atoms with van der Waals surface area (Å²) in [6.45, 7) is 6.50. The second-order valence-electron chi connectivity index (χ2n) is 23.8. The average molecular weight is 1140 g/mol. The number of hydrogen-bond donors (Lipinski definition) is 0. The van der Waals surface area contributed by atoms with E-state index >= 15 is 0 Å². The van der Waals surface area contributed by atoms with Crippen LogP contribution >= 0.6 is 0 Å². The lowest BCUT2D eigenvalue weighted by atomic mass is 10.0. The number of rotatable bonds is 65. The number of carbonyl (C=O) groups excluding carboxylic acids is 3. The molecule has 474 valence electrons. The third-order valence-electron chi connectivity index (χ3n) is 15.6. The van der Waals surface area contributed by atoms with Crippen LogP contribution in [0, 0.1) is 0 Å². The Bertz CT molecular complexity index is 1550. The highest BCUT2D eigenvalue weighted by atomic mass is 16.6. The van der Waals surface area contributed by atoms with Gasteiger partial charge in [-0.1, -0.05) is 343 Å². The topological polar surface area (TPSA) is 78.9 Å². The SMILES string of the molecule is CC/C=C\C/C=C\C/C=C\C/C=C\C/C=C\C/C=C\CCC(=O)OC(COC(=O)CCCCCCC/C=C\CCCCCCCC)COC(=O)CCCCCCCCCCCCCCCCCCCCCCCCCCCCCCCC. The summed E-state index contributed by atoms with van der Waals surface area (Å²) in [5.41, 5.74) is 0. The quantitative estimate of drug-likeness (QED) is 0.0261. The number of carbonyl (C=O) groups is 3. The number of allylic oxidation sites excluding steroid dienone is 14. The van der Waals surface area contributed by atoms with E-state index in [9.17, 15) is 14.4 Å². The van der Waals surface area contributed by atoms with Gasteiger partial charge in [0.25, 0.3) is 0 Å². The van der Waals surface area contributed by atoms with Crippen molar-refractivity contribution in [3.8, 4) is 0 Å². The van der Waals surface area contributed by atoms with Crippen molar-refractivity contribution >= 4 is 17.9 Å². The molecule has 1 atom stereocenters. The number of unbranched alkanes of at least 4 members (excludes halogenated alkanes) is 40. The first-order valence-corrected chi connectivity index (χ1v) is 35.6. The second kappa shape index (κ2) is 70.1. The molecule has 0 N–H and O–H groups in total. The largest absolute Gasteiger partial charge is 0.462 e. The lowest BCUT2D eigenvalue weighted by molar-refractivity contribution is -0.166.